The van der Waals surface area contributed by atoms with E-state index in [1.807, 2.05) is 42.1 Å². The second-order valence-electron chi connectivity index (χ2n) is 10.7. The van der Waals surface area contributed by atoms with Gasteiger partial charge in [0, 0.05) is 48.7 Å². The molecule has 5 aromatic rings. The van der Waals surface area contributed by atoms with Crippen LogP contribution < -0.4 is 4.74 Å². The molecule has 0 amide bonds. The van der Waals surface area contributed by atoms with Gasteiger partial charge in [-0.15, -0.1) is 35.5 Å². The molecule has 40 heavy (non-hydrogen) atoms. The van der Waals surface area contributed by atoms with Crippen molar-refractivity contribution in [2.45, 2.75) is 36.5 Å². The smallest absolute Gasteiger partial charge is 0.217 e. The standard InChI is InChI=1S/C34H27N2O2S.Pt/c1-33(2,25-13-4-3-5-14-25)34-21-24-10-6-7-16-27(24)31(34)36-32(39-34)23-12-8-15-26(20-23)38-29-19-18-22-11-9-17-28(37)30(22)35-29;/h3-19,31,37H,21H2,1-2H3;/q-1;/t31-,34+;/m0./s1. The zero-order valence-electron chi connectivity index (χ0n) is 22.1. The first-order valence-electron chi connectivity index (χ1n) is 13.1. The summed E-state index contributed by atoms with van der Waals surface area (Å²) in [4.78, 5) is 9.89. The van der Waals surface area contributed by atoms with Crippen LogP contribution in [0, 0.1) is 6.07 Å². The van der Waals surface area contributed by atoms with Crippen molar-refractivity contribution in [2.75, 3.05) is 0 Å². The molecule has 202 valence electrons. The molecule has 0 spiro atoms. The number of pyridine rings is 1. The van der Waals surface area contributed by atoms with Crippen molar-refractivity contribution in [2.24, 2.45) is 4.99 Å². The van der Waals surface area contributed by atoms with Crippen molar-refractivity contribution < 1.29 is 30.9 Å². The fourth-order valence-electron chi connectivity index (χ4n) is 6.00. The monoisotopic (exact) mass is 722 g/mol. The van der Waals surface area contributed by atoms with Gasteiger partial charge in [0.15, 0.2) is 0 Å². The molecule has 0 bridgehead atoms. The minimum atomic E-state index is -0.157. The number of nitrogens with zero attached hydrogens (tertiary/aromatic N) is 2. The van der Waals surface area contributed by atoms with Gasteiger partial charge in [0.1, 0.15) is 11.3 Å². The molecule has 0 radical (unpaired) electrons. The Hall–Kier alpha value is -3.40. The van der Waals surface area contributed by atoms with Crippen molar-refractivity contribution in [3.05, 3.63) is 131 Å². The zero-order valence-corrected chi connectivity index (χ0v) is 25.2. The Bertz CT molecular complexity index is 1750. The molecular formula is C34H27N2O2PtS-. The van der Waals surface area contributed by atoms with Crippen molar-refractivity contribution in [3.63, 3.8) is 0 Å². The first kappa shape index (κ1) is 26.8. The molecule has 0 saturated carbocycles. The topological polar surface area (TPSA) is 54.7 Å². The van der Waals surface area contributed by atoms with E-state index in [4.69, 9.17) is 9.73 Å². The van der Waals surface area contributed by atoms with E-state index in [0.717, 1.165) is 22.4 Å². The van der Waals surface area contributed by atoms with Gasteiger partial charge in [-0.05, 0) is 35.2 Å². The van der Waals surface area contributed by atoms with Crippen LogP contribution in [0.25, 0.3) is 10.9 Å². The Kier molecular flexibility index (Phi) is 6.84. The van der Waals surface area contributed by atoms with Crippen LogP contribution in [0.5, 0.6) is 17.4 Å². The first-order valence-corrected chi connectivity index (χ1v) is 14.0. The van der Waals surface area contributed by atoms with Crippen LogP contribution in [-0.4, -0.2) is 19.9 Å². The summed E-state index contributed by atoms with van der Waals surface area (Å²) in [6, 6.07) is 38.0. The zero-order chi connectivity index (χ0) is 26.6. The fraction of sp³-hybridized carbons (Fsp3) is 0.176. The molecule has 1 aliphatic carbocycles. The molecule has 4 aromatic carbocycles. The number of hydrogen-bond donors (Lipinski definition) is 1. The maximum Gasteiger partial charge on any atom is 0.217 e. The van der Waals surface area contributed by atoms with Crippen molar-refractivity contribution >= 4 is 27.7 Å². The van der Waals surface area contributed by atoms with E-state index in [1.165, 1.54) is 16.7 Å². The second kappa shape index (κ2) is 10.2. The Morgan fingerprint density at radius 3 is 2.52 bits per heavy atom. The maximum absolute atomic E-state index is 10.2. The number of rotatable bonds is 5. The number of hydrogen-bond acceptors (Lipinski definition) is 5. The molecule has 0 fully saturated rings. The van der Waals surface area contributed by atoms with Crippen LogP contribution in [0.15, 0.2) is 108 Å². The van der Waals surface area contributed by atoms with E-state index in [1.54, 1.807) is 12.1 Å². The van der Waals surface area contributed by atoms with Crippen LogP contribution in [0.1, 0.15) is 42.1 Å². The van der Waals surface area contributed by atoms with Gasteiger partial charge in [0.05, 0.1) is 10.8 Å². The molecule has 2 heterocycles. The van der Waals surface area contributed by atoms with Gasteiger partial charge in [-0.3, -0.25) is 0 Å². The van der Waals surface area contributed by atoms with E-state index in [0.29, 0.717) is 17.1 Å². The molecule has 0 unspecified atom stereocenters. The Morgan fingerprint density at radius 2 is 1.68 bits per heavy atom. The SMILES string of the molecule is CC(C)(c1ccccc1)[C@@]12Cc3ccccc3[C@@H]1N=C(c1[c-]c(Oc3ccc4cccc(O)c4n3)ccc1)S2.[Pt]. The van der Waals surface area contributed by atoms with E-state index in [2.05, 4.69) is 85.6 Å². The summed E-state index contributed by atoms with van der Waals surface area (Å²) in [5, 5.41) is 12.1. The number of benzene rings is 4. The summed E-state index contributed by atoms with van der Waals surface area (Å²) in [6.07, 6.45) is 0.952. The largest absolute Gasteiger partial charge is 0.506 e. The number of para-hydroxylation sites is 1. The summed E-state index contributed by atoms with van der Waals surface area (Å²) in [5.74, 6) is 1.10. The first-order chi connectivity index (χ1) is 18.9. The number of aromatic nitrogens is 1. The van der Waals surface area contributed by atoms with E-state index in [-0.39, 0.29) is 43.0 Å². The van der Waals surface area contributed by atoms with Gasteiger partial charge < -0.3 is 14.8 Å². The van der Waals surface area contributed by atoms with E-state index in [9.17, 15) is 5.11 Å². The minimum Gasteiger partial charge on any atom is -0.506 e. The van der Waals surface area contributed by atoms with Gasteiger partial charge in [-0.25, -0.2) is 4.98 Å². The molecule has 0 saturated heterocycles. The van der Waals surface area contributed by atoms with Crippen molar-refractivity contribution in [3.8, 4) is 17.4 Å². The summed E-state index contributed by atoms with van der Waals surface area (Å²) < 4.78 is 5.95. The van der Waals surface area contributed by atoms with Gasteiger partial charge in [-0.1, -0.05) is 86.6 Å². The molecule has 7 rings (SSSR count). The molecule has 2 aliphatic rings. The molecule has 2 atom stereocenters. The maximum atomic E-state index is 10.2. The van der Waals surface area contributed by atoms with Crippen LogP contribution in [-0.2, 0) is 32.9 Å². The van der Waals surface area contributed by atoms with Crippen molar-refractivity contribution in [1.29, 1.82) is 0 Å². The predicted molar refractivity (Wildman–Crippen MR) is 158 cm³/mol. The summed E-state index contributed by atoms with van der Waals surface area (Å²) in [6.45, 7) is 4.72. The molecular weight excluding hydrogens is 696 g/mol. The molecule has 1 N–H and O–H groups in total. The number of phenols is 1. The summed E-state index contributed by atoms with van der Waals surface area (Å²) in [5.41, 5.74) is 5.30. The molecule has 4 nitrogen and oxygen atoms in total. The number of thioether (sulfide) groups is 1. The van der Waals surface area contributed by atoms with E-state index < -0.39 is 0 Å². The third-order valence-electron chi connectivity index (χ3n) is 8.21. The van der Waals surface area contributed by atoms with Gasteiger partial charge in [0.25, 0.3) is 0 Å². The fourth-order valence-corrected chi connectivity index (χ4v) is 7.63. The van der Waals surface area contributed by atoms with Crippen molar-refractivity contribution in [1.82, 2.24) is 4.98 Å². The van der Waals surface area contributed by atoms with E-state index >= 15 is 0 Å². The average Bonchev–Trinajstić information content (AvgIpc) is 3.50. The summed E-state index contributed by atoms with van der Waals surface area (Å²) >= 11 is 1.87. The Morgan fingerprint density at radius 1 is 0.900 bits per heavy atom. The van der Waals surface area contributed by atoms with Crippen LogP contribution in [0.3, 0.4) is 0 Å². The van der Waals surface area contributed by atoms with Crippen LogP contribution in [0.4, 0.5) is 0 Å². The van der Waals surface area contributed by atoms with Crippen LogP contribution in [0.2, 0.25) is 0 Å². The number of phenolic OH excluding ortho intramolecular Hbond substituents is 1. The number of aromatic hydroxyl groups is 1. The normalized spacial score (nSPS) is 19.4. The van der Waals surface area contributed by atoms with Gasteiger partial charge in [0.2, 0.25) is 5.88 Å². The molecule has 1 aliphatic heterocycles. The third kappa shape index (κ3) is 4.27. The van der Waals surface area contributed by atoms with Crippen LogP contribution >= 0.6 is 11.8 Å². The number of fused-ring (bicyclic) bond motifs is 4. The summed E-state index contributed by atoms with van der Waals surface area (Å²) in [7, 11) is 0. The van der Waals surface area contributed by atoms with Gasteiger partial charge in [-0.2, -0.15) is 0 Å². The quantitative estimate of drug-likeness (QED) is 0.187. The third-order valence-corrected chi connectivity index (χ3v) is 9.97. The minimum absolute atomic E-state index is 0. The number of aliphatic imine (C=N–C) groups is 1. The number of ether oxygens (including phenoxy) is 1. The Labute approximate surface area is 252 Å². The predicted octanol–water partition coefficient (Wildman–Crippen LogP) is 8.04. The second-order valence-corrected chi connectivity index (χ2v) is 12.0. The Balaban J connectivity index is 0.00000289. The van der Waals surface area contributed by atoms with Gasteiger partial charge >= 0.3 is 0 Å². The molecule has 6 heteroatoms. The average molecular weight is 723 g/mol. The molecule has 1 aromatic heterocycles.